The van der Waals surface area contributed by atoms with E-state index in [1.54, 1.807) is 0 Å². The van der Waals surface area contributed by atoms with E-state index in [2.05, 4.69) is 9.99 Å². The number of rotatable bonds is 2. The van der Waals surface area contributed by atoms with Gasteiger partial charge in [-0.3, -0.25) is 0 Å². The maximum atomic E-state index is 5.72. The van der Waals surface area contributed by atoms with Gasteiger partial charge in [0.1, 0.15) is 7.11 Å². The van der Waals surface area contributed by atoms with Crippen molar-refractivity contribution >= 4 is 11.4 Å². The minimum absolute atomic E-state index is 0.718. The zero-order chi connectivity index (χ0) is 8.97. The second kappa shape index (κ2) is 3.76. The summed E-state index contributed by atoms with van der Waals surface area (Å²) in [5, 5.41) is 3.79. The van der Waals surface area contributed by atoms with Gasteiger partial charge in [-0.2, -0.15) is 0 Å². The summed E-state index contributed by atoms with van der Waals surface area (Å²) in [7, 11) is 1.52. The van der Waals surface area contributed by atoms with Crippen molar-refractivity contribution in [2.75, 3.05) is 12.8 Å². The standard InChI is InChI=1S/C9H12N2O/c1-7(11-12-2)8-5-3-4-6-9(8)10/h3-6H,10H2,1-2H3/b11-7+. The van der Waals surface area contributed by atoms with Crippen molar-refractivity contribution in [3.8, 4) is 0 Å². The van der Waals surface area contributed by atoms with Crippen LogP contribution >= 0.6 is 0 Å². The average molecular weight is 164 g/mol. The minimum atomic E-state index is 0.718. The van der Waals surface area contributed by atoms with E-state index in [0.717, 1.165) is 17.0 Å². The van der Waals surface area contributed by atoms with E-state index < -0.39 is 0 Å². The van der Waals surface area contributed by atoms with E-state index >= 15 is 0 Å². The quantitative estimate of drug-likeness (QED) is 0.410. The Hall–Kier alpha value is -1.51. The van der Waals surface area contributed by atoms with Gasteiger partial charge in [0.15, 0.2) is 0 Å². The molecule has 0 heterocycles. The molecule has 0 spiro atoms. The Kier molecular flexibility index (Phi) is 2.69. The van der Waals surface area contributed by atoms with Crippen LogP contribution in [0.4, 0.5) is 5.69 Å². The molecule has 0 aliphatic carbocycles. The molecule has 0 aliphatic rings. The van der Waals surface area contributed by atoms with Crippen LogP contribution in [0.25, 0.3) is 0 Å². The fourth-order valence-electron chi connectivity index (χ4n) is 1.01. The Morgan fingerprint density at radius 2 is 2.08 bits per heavy atom. The van der Waals surface area contributed by atoms with E-state index in [4.69, 9.17) is 5.73 Å². The van der Waals surface area contributed by atoms with E-state index in [0.29, 0.717) is 0 Å². The van der Waals surface area contributed by atoms with Crippen LogP contribution in [0.2, 0.25) is 0 Å². The van der Waals surface area contributed by atoms with Gasteiger partial charge in [0.2, 0.25) is 0 Å². The molecule has 64 valence electrons. The molecule has 0 radical (unpaired) electrons. The highest BCUT2D eigenvalue weighted by atomic mass is 16.6. The molecular weight excluding hydrogens is 152 g/mol. The molecule has 2 N–H and O–H groups in total. The Bertz CT molecular complexity index is 294. The first-order valence-corrected chi connectivity index (χ1v) is 3.68. The van der Waals surface area contributed by atoms with E-state index in [-0.39, 0.29) is 0 Å². The van der Waals surface area contributed by atoms with Gasteiger partial charge in [0.05, 0.1) is 5.71 Å². The lowest BCUT2D eigenvalue weighted by Gasteiger charge is -2.02. The lowest BCUT2D eigenvalue weighted by molar-refractivity contribution is 0.213. The van der Waals surface area contributed by atoms with E-state index in [1.165, 1.54) is 7.11 Å². The summed E-state index contributed by atoms with van der Waals surface area (Å²) in [6.45, 7) is 1.86. The minimum Gasteiger partial charge on any atom is -0.399 e. The molecule has 0 saturated heterocycles. The van der Waals surface area contributed by atoms with Crippen molar-refractivity contribution in [1.82, 2.24) is 0 Å². The molecular formula is C9H12N2O. The maximum Gasteiger partial charge on any atom is 0.106 e. The molecule has 1 rings (SSSR count). The highest BCUT2D eigenvalue weighted by molar-refractivity contribution is 6.02. The monoisotopic (exact) mass is 164 g/mol. The van der Waals surface area contributed by atoms with Crippen molar-refractivity contribution in [2.45, 2.75) is 6.92 Å². The summed E-state index contributed by atoms with van der Waals surface area (Å²) < 4.78 is 0. The number of hydrogen-bond acceptors (Lipinski definition) is 3. The number of nitrogens with two attached hydrogens (primary N) is 1. The molecule has 0 aliphatic heterocycles. The third-order valence-corrected chi connectivity index (χ3v) is 1.58. The SMILES string of the molecule is CO/N=C(\C)c1ccccc1N. The number of para-hydroxylation sites is 1. The first kappa shape index (κ1) is 8.59. The lowest BCUT2D eigenvalue weighted by atomic mass is 10.1. The molecule has 0 aromatic heterocycles. The van der Waals surface area contributed by atoms with E-state index in [9.17, 15) is 0 Å². The van der Waals surface area contributed by atoms with Crippen LogP contribution in [0.1, 0.15) is 12.5 Å². The van der Waals surface area contributed by atoms with Gasteiger partial charge in [-0.05, 0) is 13.0 Å². The van der Waals surface area contributed by atoms with Crippen molar-refractivity contribution in [3.63, 3.8) is 0 Å². The molecule has 0 amide bonds. The lowest BCUT2D eigenvalue weighted by Crippen LogP contribution is -2.00. The molecule has 3 heteroatoms. The van der Waals surface area contributed by atoms with Crippen molar-refractivity contribution in [3.05, 3.63) is 29.8 Å². The number of hydrogen-bond donors (Lipinski definition) is 1. The third kappa shape index (κ3) is 1.75. The van der Waals surface area contributed by atoms with Crippen LogP contribution in [-0.2, 0) is 4.84 Å². The summed E-state index contributed by atoms with van der Waals surface area (Å²) in [5.74, 6) is 0. The Labute approximate surface area is 71.8 Å². The van der Waals surface area contributed by atoms with E-state index in [1.807, 2.05) is 31.2 Å². The summed E-state index contributed by atoms with van der Waals surface area (Å²) in [4.78, 5) is 4.65. The molecule has 0 fully saturated rings. The predicted octanol–water partition coefficient (Wildman–Crippen LogP) is 1.64. The van der Waals surface area contributed by atoms with Gasteiger partial charge in [-0.25, -0.2) is 0 Å². The second-order valence-corrected chi connectivity index (χ2v) is 2.45. The molecule has 0 atom stereocenters. The van der Waals surface area contributed by atoms with Crippen LogP contribution in [0.3, 0.4) is 0 Å². The Morgan fingerprint density at radius 3 is 2.67 bits per heavy atom. The highest BCUT2D eigenvalue weighted by Crippen LogP contribution is 2.11. The van der Waals surface area contributed by atoms with Gasteiger partial charge in [0, 0.05) is 11.3 Å². The average Bonchev–Trinajstić information content (AvgIpc) is 2.05. The number of nitrogens with zero attached hydrogens (tertiary/aromatic N) is 1. The molecule has 3 nitrogen and oxygen atoms in total. The molecule has 12 heavy (non-hydrogen) atoms. The first-order chi connectivity index (χ1) is 5.75. The predicted molar refractivity (Wildman–Crippen MR) is 50.1 cm³/mol. The van der Waals surface area contributed by atoms with Crippen LogP contribution in [0.15, 0.2) is 29.4 Å². The van der Waals surface area contributed by atoms with Crippen molar-refractivity contribution < 1.29 is 4.84 Å². The van der Waals surface area contributed by atoms with Gasteiger partial charge >= 0.3 is 0 Å². The van der Waals surface area contributed by atoms with Crippen LogP contribution in [0.5, 0.6) is 0 Å². The molecule has 0 unspecified atom stereocenters. The number of nitrogen functional groups attached to an aromatic ring is 1. The Balaban J connectivity index is 3.02. The first-order valence-electron chi connectivity index (χ1n) is 3.68. The normalized spacial score (nSPS) is 11.3. The summed E-state index contributed by atoms with van der Waals surface area (Å²) >= 11 is 0. The number of oxime groups is 1. The van der Waals surface area contributed by atoms with Crippen molar-refractivity contribution in [1.29, 1.82) is 0 Å². The summed E-state index contributed by atoms with van der Waals surface area (Å²) in [6, 6.07) is 7.55. The van der Waals surface area contributed by atoms with Crippen LogP contribution < -0.4 is 5.73 Å². The zero-order valence-corrected chi connectivity index (χ0v) is 7.24. The van der Waals surface area contributed by atoms with Crippen LogP contribution in [0, 0.1) is 0 Å². The maximum absolute atomic E-state index is 5.72. The van der Waals surface area contributed by atoms with Crippen molar-refractivity contribution in [2.24, 2.45) is 5.16 Å². The van der Waals surface area contributed by atoms with Gasteiger partial charge < -0.3 is 10.6 Å². The van der Waals surface area contributed by atoms with Gasteiger partial charge in [0.25, 0.3) is 0 Å². The number of anilines is 1. The molecule has 1 aromatic rings. The molecule has 0 saturated carbocycles. The number of benzene rings is 1. The topological polar surface area (TPSA) is 47.6 Å². The fourth-order valence-corrected chi connectivity index (χ4v) is 1.01. The molecule has 0 bridgehead atoms. The third-order valence-electron chi connectivity index (χ3n) is 1.58. The van der Waals surface area contributed by atoms with Gasteiger partial charge in [-0.15, -0.1) is 0 Å². The molecule has 1 aromatic carbocycles. The summed E-state index contributed by atoms with van der Waals surface area (Å²) in [5.41, 5.74) is 8.14. The highest BCUT2D eigenvalue weighted by Gasteiger charge is 2.00. The second-order valence-electron chi connectivity index (χ2n) is 2.45. The zero-order valence-electron chi connectivity index (χ0n) is 7.24. The largest absolute Gasteiger partial charge is 0.399 e. The van der Waals surface area contributed by atoms with Gasteiger partial charge in [-0.1, -0.05) is 23.4 Å². The summed E-state index contributed by atoms with van der Waals surface area (Å²) in [6.07, 6.45) is 0. The Morgan fingerprint density at radius 1 is 1.42 bits per heavy atom. The smallest absolute Gasteiger partial charge is 0.106 e. The van der Waals surface area contributed by atoms with Crippen LogP contribution in [-0.4, -0.2) is 12.8 Å². The fraction of sp³-hybridized carbons (Fsp3) is 0.222.